The van der Waals surface area contributed by atoms with Gasteiger partial charge in [0.05, 0.1) is 6.07 Å². The number of rotatable bonds is 5. The van der Waals surface area contributed by atoms with Crippen molar-refractivity contribution in [1.82, 2.24) is 5.32 Å². The van der Waals surface area contributed by atoms with E-state index in [0.29, 0.717) is 6.42 Å². The Bertz CT molecular complexity index is 196. The third-order valence-corrected chi connectivity index (χ3v) is 2.05. The molecule has 0 spiro atoms. The summed E-state index contributed by atoms with van der Waals surface area (Å²) in [6.45, 7) is 5.92. The van der Waals surface area contributed by atoms with Gasteiger partial charge in [0.15, 0.2) is 0 Å². The van der Waals surface area contributed by atoms with Gasteiger partial charge in [-0.05, 0) is 19.8 Å². The van der Waals surface area contributed by atoms with E-state index in [0.717, 1.165) is 12.8 Å². The second-order valence-corrected chi connectivity index (χ2v) is 3.29. The third kappa shape index (κ3) is 4.51. The maximum absolute atomic E-state index is 11.4. The van der Waals surface area contributed by atoms with E-state index in [-0.39, 0.29) is 11.9 Å². The number of carbonyl (C=O) groups excluding carboxylic acids is 1. The number of nitrogens with zero attached hydrogens (tertiary/aromatic N) is 1. The molecule has 1 amide bonds. The minimum absolute atomic E-state index is 0.126. The molecule has 0 aromatic heterocycles. The van der Waals surface area contributed by atoms with Gasteiger partial charge in [-0.15, -0.1) is 0 Å². The first-order chi connectivity index (χ1) is 6.15. The maximum atomic E-state index is 11.4. The van der Waals surface area contributed by atoms with Crippen molar-refractivity contribution >= 4 is 5.91 Å². The van der Waals surface area contributed by atoms with Crippen molar-refractivity contribution in [2.75, 3.05) is 0 Å². The van der Waals surface area contributed by atoms with Gasteiger partial charge in [-0.2, -0.15) is 5.26 Å². The minimum atomic E-state index is -0.473. The Morgan fingerprint density at radius 1 is 1.54 bits per heavy atom. The molecular weight excluding hydrogens is 164 g/mol. The summed E-state index contributed by atoms with van der Waals surface area (Å²) in [7, 11) is 0. The number of amides is 1. The predicted octanol–water partition coefficient (Wildman–Crippen LogP) is 1.84. The van der Waals surface area contributed by atoms with E-state index < -0.39 is 5.92 Å². The lowest BCUT2D eigenvalue weighted by molar-refractivity contribution is -0.124. The van der Waals surface area contributed by atoms with Gasteiger partial charge in [0.25, 0.3) is 0 Å². The van der Waals surface area contributed by atoms with E-state index in [2.05, 4.69) is 5.32 Å². The molecule has 74 valence electrons. The van der Waals surface area contributed by atoms with Crippen molar-refractivity contribution in [2.45, 2.75) is 46.1 Å². The molecule has 0 heterocycles. The first kappa shape index (κ1) is 12.0. The van der Waals surface area contributed by atoms with Crippen LogP contribution < -0.4 is 5.32 Å². The highest BCUT2D eigenvalue weighted by molar-refractivity contribution is 5.81. The van der Waals surface area contributed by atoms with E-state index in [1.807, 2.05) is 26.8 Å². The van der Waals surface area contributed by atoms with Crippen LogP contribution in [-0.4, -0.2) is 11.9 Å². The highest BCUT2D eigenvalue weighted by Crippen LogP contribution is 2.05. The Balaban J connectivity index is 4.00. The number of carbonyl (C=O) groups is 1. The highest BCUT2D eigenvalue weighted by atomic mass is 16.1. The van der Waals surface area contributed by atoms with Gasteiger partial charge in [-0.25, -0.2) is 0 Å². The van der Waals surface area contributed by atoms with E-state index in [1.54, 1.807) is 0 Å². The molecule has 13 heavy (non-hydrogen) atoms. The zero-order valence-electron chi connectivity index (χ0n) is 8.63. The molecule has 0 aliphatic carbocycles. The van der Waals surface area contributed by atoms with Crippen LogP contribution in [0.15, 0.2) is 0 Å². The fourth-order valence-corrected chi connectivity index (χ4v) is 0.988. The van der Waals surface area contributed by atoms with Crippen LogP contribution in [0.5, 0.6) is 0 Å². The Morgan fingerprint density at radius 2 is 2.15 bits per heavy atom. The molecule has 0 saturated heterocycles. The minimum Gasteiger partial charge on any atom is -0.353 e. The standard InChI is InChI=1S/C10H18N2O/c1-4-6-9(7-11)10(13)12-8(3)5-2/h8-9H,4-6H2,1-3H3,(H,12,13). The van der Waals surface area contributed by atoms with E-state index in [9.17, 15) is 4.79 Å². The van der Waals surface area contributed by atoms with Crippen molar-refractivity contribution in [3.8, 4) is 6.07 Å². The number of hydrogen-bond donors (Lipinski definition) is 1. The molecule has 0 aliphatic rings. The van der Waals surface area contributed by atoms with Gasteiger partial charge in [0.2, 0.25) is 5.91 Å². The van der Waals surface area contributed by atoms with Gasteiger partial charge >= 0.3 is 0 Å². The van der Waals surface area contributed by atoms with Crippen LogP contribution in [0, 0.1) is 17.2 Å². The number of nitrogens with one attached hydrogen (secondary N) is 1. The molecule has 1 N–H and O–H groups in total. The van der Waals surface area contributed by atoms with E-state index in [1.165, 1.54) is 0 Å². The summed E-state index contributed by atoms with van der Waals surface area (Å²) in [5.41, 5.74) is 0. The summed E-state index contributed by atoms with van der Waals surface area (Å²) >= 11 is 0. The molecule has 0 aromatic rings. The largest absolute Gasteiger partial charge is 0.353 e. The Hall–Kier alpha value is -1.04. The molecule has 0 saturated carbocycles. The number of nitriles is 1. The summed E-state index contributed by atoms with van der Waals surface area (Å²) in [4.78, 5) is 11.4. The molecule has 3 nitrogen and oxygen atoms in total. The van der Waals surface area contributed by atoms with Gasteiger partial charge < -0.3 is 5.32 Å². The zero-order chi connectivity index (χ0) is 10.3. The first-order valence-corrected chi connectivity index (χ1v) is 4.85. The van der Waals surface area contributed by atoms with E-state index in [4.69, 9.17) is 5.26 Å². The summed E-state index contributed by atoms with van der Waals surface area (Å²) < 4.78 is 0. The maximum Gasteiger partial charge on any atom is 0.237 e. The van der Waals surface area contributed by atoms with Gasteiger partial charge in [0, 0.05) is 6.04 Å². The molecule has 0 rings (SSSR count). The van der Waals surface area contributed by atoms with Crippen molar-refractivity contribution in [2.24, 2.45) is 5.92 Å². The highest BCUT2D eigenvalue weighted by Gasteiger charge is 2.17. The van der Waals surface area contributed by atoms with Crippen LogP contribution in [0.2, 0.25) is 0 Å². The number of hydrogen-bond acceptors (Lipinski definition) is 2. The van der Waals surface area contributed by atoms with Crippen LogP contribution in [0.4, 0.5) is 0 Å². The van der Waals surface area contributed by atoms with Crippen molar-refractivity contribution in [1.29, 1.82) is 5.26 Å². The lowest BCUT2D eigenvalue weighted by Crippen LogP contribution is -2.36. The van der Waals surface area contributed by atoms with Crippen molar-refractivity contribution in [3.63, 3.8) is 0 Å². The molecule has 0 radical (unpaired) electrons. The van der Waals surface area contributed by atoms with Gasteiger partial charge in [-0.3, -0.25) is 4.79 Å². The summed E-state index contributed by atoms with van der Waals surface area (Å²) in [6, 6.07) is 2.19. The van der Waals surface area contributed by atoms with Crippen LogP contribution in [0.1, 0.15) is 40.0 Å². The smallest absolute Gasteiger partial charge is 0.237 e. The van der Waals surface area contributed by atoms with Crippen LogP contribution in [0.25, 0.3) is 0 Å². The Labute approximate surface area is 80.1 Å². The molecular formula is C10H18N2O. The van der Waals surface area contributed by atoms with Gasteiger partial charge in [-0.1, -0.05) is 20.3 Å². The zero-order valence-corrected chi connectivity index (χ0v) is 8.63. The average Bonchev–Trinajstić information content (AvgIpc) is 2.13. The molecule has 0 bridgehead atoms. The van der Waals surface area contributed by atoms with Gasteiger partial charge in [0.1, 0.15) is 5.92 Å². The second-order valence-electron chi connectivity index (χ2n) is 3.29. The molecule has 2 unspecified atom stereocenters. The average molecular weight is 182 g/mol. The fraction of sp³-hybridized carbons (Fsp3) is 0.800. The molecule has 0 aliphatic heterocycles. The van der Waals surface area contributed by atoms with Crippen molar-refractivity contribution in [3.05, 3.63) is 0 Å². The Kier molecular flexibility index (Phi) is 5.96. The van der Waals surface area contributed by atoms with Crippen LogP contribution in [-0.2, 0) is 4.79 Å². The second kappa shape index (κ2) is 6.47. The monoisotopic (exact) mass is 182 g/mol. The first-order valence-electron chi connectivity index (χ1n) is 4.85. The van der Waals surface area contributed by atoms with Crippen molar-refractivity contribution < 1.29 is 4.79 Å². The molecule has 3 heteroatoms. The SMILES string of the molecule is CCCC(C#N)C(=O)NC(C)CC. The topological polar surface area (TPSA) is 52.9 Å². The molecule has 0 aromatic carbocycles. The third-order valence-electron chi connectivity index (χ3n) is 2.05. The molecule has 0 fully saturated rings. The summed E-state index contributed by atoms with van der Waals surface area (Å²) in [5, 5.41) is 11.5. The van der Waals surface area contributed by atoms with Crippen LogP contribution >= 0.6 is 0 Å². The fourth-order valence-electron chi connectivity index (χ4n) is 0.988. The summed E-state index contributed by atoms with van der Waals surface area (Å²) in [6.07, 6.45) is 2.42. The quantitative estimate of drug-likeness (QED) is 0.705. The predicted molar refractivity (Wildman–Crippen MR) is 51.9 cm³/mol. The summed E-state index contributed by atoms with van der Waals surface area (Å²) in [5.74, 6) is -0.599. The lowest BCUT2D eigenvalue weighted by atomic mass is 10.0. The van der Waals surface area contributed by atoms with E-state index >= 15 is 0 Å². The Morgan fingerprint density at radius 3 is 2.54 bits per heavy atom. The lowest BCUT2D eigenvalue weighted by Gasteiger charge is -2.13. The van der Waals surface area contributed by atoms with Crippen LogP contribution in [0.3, 0.4) is 0 Å². The molecule has 2 atom stereocenters. The normalized spacial score (nSPS) is 14.3.